The summed E-state index contributed by atoms with van der Waals surface area (Å²) in [5.74, 6) is -0.644. The van der Waals surface area contributed by atoms with Gasteiger partial charge in [0.2, 0.25) is 0 Å². The van der Waals surface area contributed by atoms with Gasteiger partial charge in [0.25, 0.3) is 0 Å². The van der Waals surface area contributed by atoms with Gasteiger partial charge in [0.15, 0.2) is 0 Å². The minimum absolute atomic E-state index is 0.0241. The summed E-state index contributed by atoms with van der Waals surface area (Å²) < 4.78 is 5.39. The summed E-state index contributed by atoms with van der Waals surface area (Å²) in [5, 5.41) is 11.8. The van der Waals surface area contributed by atoms with E-state index >= 15 is 0 Å². The number of rotatable bonds is 6. The van der Waals surface area contributed by atoms with Gasteiger partial charge in [-0.05, 0) is 38.5 Å². The van der Waals surface area contributed by atoms with Crippen LogP contribution in [0.4, 0.5) is 4.79 Å². The Labute approximate surface area is 119 Å². The maximum absolute atomic E-state index is 11.9. The zero-order chi connectivity index (χ0) is 14.8. The van der Waals surface area contributed by atoms with Gasteiger partial charge in [0.1, 0.15) is 11.6 Å². The number of ether oxygens (including phenoxy) is 1. The van der Waals surface area contributed by atoms with E-state index in [2.05, 4.69) is 11.9 Å². The highest BCUT2D eigenvalue weighted by atomic mass is 16.6. The minimum atomic E-state index is -0.975. The number of alkyl carbamates (subject to hydrolysis) is 1. The zero-order valence-electron chi connectivity index (χ0n) is 11.9. The molecule has 2 saturated carbocycles. The van der Waals surface area contributed by atoms with E-state index in [4.69, 9.17) is 4.74 Å². The monoisotopic (exact) mass is 281 g/mol. The zero-order valence-corrected chi connectivity index (χ0v) is 11.9. The molecule has 5 nitrogen and oxygen atoms in total. The van der Waals surface area contributed by atoms with Gasteiger partial charge in [-0.3, -0.25) is 0 Å². The lowest BCUT2D eigenvalue weighted by Crippen LogP contribution is -2.46. The first-order valence-corrected chi connectivity index (χ1v) is 7.29. The van der Waals surface area contributed by atoms with E-state index in [0.717, 1.165) is 38.5 Å². The van der Waals surface area contributed by atoms with Crippen LogP contribution in [0.1, 0.15) is 45.4 Å². The van der Waals surface area contributed by atoms with Gasteiger partial charge in [-0.1, -0.05) is 18.9 Å². The molecule has 0 spiro atoms. The van der Waals surface area contributed by atoms with Crippen molar-refractivity contribution < 1.29 is 19.4 Å². The van der Waals surface area contributed by atoms with Crippen molar-refractivity contribution >= 4 is 12.1 Å². The fourth-order valence-corrected chi connectivity index (χ4v) is 3.13. The molecule has 0 radical (unpaired) electrons. The van der Waals surface area contributed by atoms with Crippen LogP contribution in [0.3, 0.4) is 0 Å². The standard InChI is InChI=1S/C15H23NO4/c1-3-6-11-9-15(11,2)20-14(19)16-12(13(17)18)10-7-4-5-8-10/h3,10-12H,1,4-9H2,2H3,(H,16,19)(H,17,18)/t11-,12-,15-/m0/s1. The van der Waals surface area contributed by atoms with E-state index in [-0.39, 0.29) is 5.92 Å². The van der Waals surface area contributed by atoms with E-state index in [1.165, 1.54) is 0 Å². The summed E-state index contributed by atoms with van der Waals surface area (Å²) in [4.78, 5) is 23.2. The Kier molecular flexibility index (Phi) is 4.35. The maximum Gasteiger partial charge on any atom is 0.408 e. The van der Waals surface area contributed by atoms with Crippen LogP contribution >= 0.6 is 0 Å². The van der Waals surface area contributed by atoms with Crippen molar-refractivity contribution in [3.05, 3.63) is 12.7 Å². The number of carboxylic acid groups (broad SMARTS) is 1. The Balaban J connectivity index is 1.86. The Morgan fingerprint density at radius 2 is 2.15 bits per heavy atom. The molecule has 0 aromatic heterocycles. The average molecular weight is 281 g/mol. The number of carbonyl (C=O) groups excluding carboxylic acids is 1. The van der Waals surface area contributed by atoms with E-state index in [1.807, 2.05) is 13.0 Å². The van der Waals surface area contributed by atoms with Crippen molar-refractivity contribution in [2.24, 2.45) is 11.8 Å². The van der Waals surface area contributed by atoms with E-state index in [9.17, 15) is 14.7 Å². The van der Waals surface area contributed by atoms with Crippen LogP contribution in [0.2, 0.25) is 0 Å². The van der Waals surface area contributed by atoms with Crippen LogP contribution in [-0.2, 0) is 9.53 Å². The fourth-order valence-electron chi connectivity index (χ4n) is 3.13. The van der Waals surface area contributed by atoms with Gasteiger partial charge < -0.3 is 15.2 Å². The van der Waals surface area contributed by atoms with Crippen molar-refractivity contribution in [3.8, 4) is 0 Å². The van der Waals surface area contributed by atoms with Gasteiger partial charge >= 0.3 is 12.1 Å². The normalized spacial score (nSPS) is 30.6. The fraction of sp³-hybridized carbons (Fsp3) is 0.733. The first-order valence-electron chi connectivity index (χ1n) is 7.29. The molecule has 2 N–H and O–H groups in total. The van der Waals surface area contributed by atoms with Crippen LogP contribution in [0.15, 0.2) is 12.7 Å². The number of hydrogen-bond donors (Lipinski definition) is 2. The highest BCUT2D eigenvalue weighted by molar-refractivity contribution is 5.80. The second-order valence-corrected chi connectivity index (χ2v) is 6.13. The molecule has 0 unspecified atom stereocenters. The van der Waals surface area contributed by atoms with Gasteiger partial charge in [0.05, 0.1) is 0 Å². The van der Waals surface area contributed by atoms with Crippen LogP contribution in [-0.4, -0.2) is 28.8 Å². The number of carboxylic acids is 1. The molecule has 0 aromatic rings. The number of carbonyl (C=O) groups is 2. The van der Waals surface area contributed by atoms with Crippen LogP contribution in [0.25, 0.3) is 0 Å². The van der Waals surface area contributed by atoms with E-state index in [1.54, 1.807) is 0 Å². The predicted molar refractivity (Wildman–Crippen MR) is 74.3 cm³/mol. The summed E-state index contributed by atoms with van der Waals surface area (Å²) in [7, 11) is 0. The SMILES string of the molecule is C=CC[C@H]1C[C@]1(C)OC(=O)N[C@H](C(=O)O)C1CCCC1. The highest BCUT2D eigenvalue weighted by Gasteiger charge is 2.53. The first-order chi connectivity index (χ1) is 9.46. The van der Waals surface area contributed by atoms with Crippen molar-refractivity contribution in [2.75, 3.05) is 0 Å². The van der Waals surface area contributed by atoms with Crippen molar-refractivity contribution in [1.82, 2.24) is 5.32 Å². The molecule has 0 bridgehead atoms. The lowest BCUT2D eigenvalue weighted by atomic mass is 9.98. The molecule has 2 fully saturated rings. The second kappa shape index (κ2) is 5.85. The number of nitrogens with one attached hydrogen (secondary N) is 1. The van der Waals surface area contributed by atoms with Gasteiger partial charge in [-0.25, -0.2) is 9.59 Å². The second-order valence-electron chi connectivity index (χ2n) is 6.13. The maximum atomic E-state index is 11.9. The molecule has 1 amide bonds. The molecule has 20 heavy (non-hydrogen) atoms. The molecule has 2 rings (SSSR count). The molecule has 0 aliphatic heterocycles. The molecular weight excluding hydrogens is 258 g/mol. The largest absolute Gasteiger partial charge is 0.480 e. The summed E-state index contributed by atoms with van der Waals surface area (Å²) >= 11 is 0. The lowest BCUT2D eigenvalue weighted by molar-refractivity contribution is -0.140. The molecular formula is C15H23NO4. The Morgan fingerprint density at radius 1 is 1.50 bits per heavy atom. The Hall–Kier alpha value is -1.52. The number of amides is 1. The minimum Gasteiger partial charge on any atom is -0.480 e. The third-order valence-corrected chi connectivity index (χ3v) is 4.54. The topological polar surface area (TPSA) is 75.6 Å². The molecule has 5 heteroatoms. The smallest absolute Gasteiger partial charge is 0.408 e. The summed E-state index contributed by atoms with van der Waals surface area (Å²) in [6.45, 7) is 5.56. The summed E-state index contributed by atoms with van der Waals surface area (Å²) in [6, 6.07) is -0.829. The van der Waals surface area contributed by atoms with Crippen molar-refractivity contribution in [1.29, 1.82) is 0 Å². The van der Waals surface area contributed by atoms with Crippen molar-refractivity contribution in [2.45, 2.75) is 57.1 Å². The molecule has 0 heterocycles. The molecule has 3 atom stereocenters. The van der Waals surface area contributed by atoms with Crippen molar-refractivity contribution in [3.63, 3.8) is 0 Å². The van der Waals surface area contributed by atoms with Gasteiger partial charge in [-0.2, -0.15) is 0 Å². The summed E-state index contributed by atoms with van der Waals surface area (Å²) in [6.07, 6.45) is 6.60. The van der Waals surface area contributed by atoms with Crippen LogP contribution in [0.5, 0.6) is 0 Å². The third-order valence-electron chi connectivity index (χ3n) is 4.54. The van der Waals surface area contributed by atoms with Gasteiger partial charge in [0, 0.05) is 5.92 Å². The average Bonchev–Trinajstić information content (AvgIpc) is 2.81. The number of hydrogen-bond acceptors (Lipinski definition) is 3. The number of allylic oxidation sites excluding steroid dienone is 1. The summed E-state index contributed by atoms with van der Waals surface area (Å²) in [5.41, 5.74) is -0.461. The molecule has 112 valence electrons. The Morgan fingerprint density at radius 3 is 2.70 bits per heavy atom. The van der Waals surface area contributed by atoms with Gasteiger partial charge in [-0.15, -0.1) is 6.58 Å². The van der Waals surface area contributed by atoms with E-state index in [0.29, 0.717) is 5.92 Å². The Bertz CT molecular complexity index is 403. The lowest BCUT2D eigenvalue weighted by Gasteiger charge is -2.22. The molecule has 0 aromatic carbocycles. The molecule has 2 aliphatic carbocycles. The number of aliphatic carboxylic acids is 1. The van der Waals surface area contributed by atoms with Crippen LogP contribution < -0.4 is 5.32 Å². The highest BCUT2D eigenvalue weighted by Crippen LogP contribution is 2.48. The predicted octanol–water partition coefficient (Wildman–Crippen LogP) is 2.71. The molecule has 2 aliphatic rings. The van der Waals surface area contributed by atoms with Crippen LogP contribution in [0, 0.1) is 11.8 Å². The quantitative estimate of drug-likeness (QED) is 0.734. The third kappa shape index (κ3) is 3.32. The molecule has 0 saturated heterocycles. The van der Waals surface area contributed by atoms with E-state index < -0.39 is 23.7 Å². The first kappa shape index (κ1) is 14.9.